The van der Waals surface area contributed by atoms with Crippen molar-refractivity contribution < 1.29 is 15.0 Å². The van der Waals surface area contributed by atoms with Crippen LogP contribution in [0, 0.1) is 0 Å². The van der Waals surface area contributed by atoms with Crippen molar-refractivity contribution in [2.24, 2.45) is 0 Å². The van der Waals surface area contributed by atoms with Crippen LogP contribution in [0.3, 0.4) is 0 Å². The van der Waals surface area contributed by atoms with Crippen molar-refractivity contribution in [3.63, 3.8) is 0 Å². The lowest BCUT2D eigenvalue weighted by Gasteiger charge is -2.25. The number of nitrogens with one attached hydrogen (secondary N) is 1. The maximum atomic E-state index is 11.5. The highest BCUT2D eigenvalue weighted by atomic mass is 32.1. The summed E-state index contributed by atoms with van der Waals surface area (Å²) < 4.78 is 0. The molecule has 0 aliphatic carbocycles. The second-order valence-corrected chi connectivity index (χ2v) is 4.26. The lowest BCUT2D eigenvalue weighted by molar-refractivity contribution is 0.0727. The van der Waals surface area contributed by atoms with E-state index >= 15 is 0 Å². The summed E-state index contributed by atoms with van der Waals surface area (Å²) in [6.07, 6.45) is 0. The van der Waals surface area contributed by atoms with E-state index in [0.29, 0.717) is 4.88 Å². The number of aliphatic hydroxyl groups excluding tert-OH is 2. The smallest absolute Gasteiger partial charge is 0.261 e. The monoisotopic (exact) mass is 215 g/mol. The molecule has 1 aromatic rings. The first-order valence-corrected chi connectivity index (χ1v) is 5.07. The Hall–Kier alpha value is -0.910. The van der Waals surface area contributed by atoms with Crippen LogP contribution in [0.5, 0.6) is 0 Å². The fourth-order valence-corrected chi connectivity index (χ4v) is 1.49. The molecule has 5 heteroatoms. The van der Waals surface area contributed by atoms with E-state index < -0.39 is 5.54 Å². The molecule has 14 heavy (non-hydrogen) atoms. The Balaban J connectivity index is 2.65. The van der Waals surface area contributed by atoms with E-state index in [1.165, 1.54) is 11.3 Å². The van der Waals surface area contributed by atoms with Gasteiger partial charge in [0.1, 0.15) is 0 Å². The molecule has 78 valence electrons. The molecule has 1 heterocycles. The average molecular weight is 215 g/mol. The van der Waals surface area contributed by atoms with Crippen LogP contribution >= 0.6 is 11.3 Å². The molecular weight excluding hydrogens is 202 g/mol. The zero-order valence-electron chi connectivity index (χ0n) is 7.86. The highest BCUT2D eigenvalue weighted by molar-refractivity contribution is 7.12. The molecule has 1 amide bonds. The Kier molecular flexibility index (Phi) is 3.62. The number of carbonyl (C=O) groups is 1. The number of carbonyl (C=O) groups excluding carboxylic acids is 1. The predicted molar refractivity (Wildman–Crippen MR) is 54.4 cm³/mol. The highest BCUT2D eigenvalue weighted by Crippen LogP contribution is 2.10. The van der Waals surface area contributed by atoms with Crippen LogP contribution in [0.1, 0.15) is 16.6 Å². The summed E-state index contributed by atoms with van der Waals surface area (Å²) in [5.41, 5.74) is -0.957. The summed E-state index contributed by atoms with van der Waals surface area (Å²) in [4.78, 5) is 12.1. The fourth-order valence-electron chi connectivity index (χ4n) is 0.873. The zero-order valence-corrected chi connectivity index (χ0v) is 8.67. The third kappa shape index (κ3) is 2.54. The molecule has 0 aliphatic heterocycles. The Morgan fingerprint density at radius 1 is 1.57 bits per heavy atom. The van der Waals surface area contributed by atoms with E-state index in [4.69, 9.17) is 10.2 Å². The van der Waals surface area contributed by atoms with Gasteiger partial charge in [0.2, 0.25) is 0 Å². The number of hydrogen-bond acceptors (Lipinski definition) is 4. The number of rotatable bonds is 4. The van der Waals surface area contributed by atoms with Crippen molar-refractivity contribution in [1.29, 1.82) is 0 Å². The van der Waals surface area contributed by atoms with Gasteiger partial charge in [0.25, 0.3) is 5.91 Å². The molecule has 0 atom stereocenters. The number of hydrogen-bond donors (Lipinski definition) is 3. The third-order valence-corrected chi connectivity index (χ3v) is 2.73. The topological polar surface area (TPSA) is 69.6 Å². The molecule has 0 saturated carbocycles. The highest BCUT2D eigenvalue weighted by Gasteiger charge is 2.25. The largest absolute Gasteiger partial charge is 0.394 e. The van der Waals surface area contributed by atoms with Gasteiger partial charge in [-0.3, -0.25) is 4.79 Å². The first kappa shape index (κ1) is 11.2. The lowest BCUT2D eigenvalue weighted by atomic mass is 10.1. The van der Waals surface area contributed by atoms with Crippen LogP contribution in [0.25, 0.3) is 0 Å². The van der Waals surface area contributed by atoms with E-state index in [9.17, 15) is 4.79 Å². The molecule has 0 unspecified atom stereocenters. The molecule has 4 nitrogen and oxygen atoms in total. The summed E-state index contributed by atoms with van der Waals surface area (Å²) in [5, 5.41) is 22.3. The summed E-state index contributed by atoms with van der Waals surface area (Å²) in [7, 11) is 0. The SMILES string of the molecule is CC(CO)(CO)NC(=O)c1cccs1. The fraction of sp³-hybridized carbons (Fsp3) is 0.444. The number of thiophene rings is 1. The van der Waals surface area contributed by atoms with Crippen molar-refractivity contribution in [1.82, 2.24) is 5.32 Å². The maximum Gasteiger partial charge on any atom is 0.261 e. The van der Waals surface area contributed by atoms with Crippen LogP contribution in [0.15, 0.2) is 17.5 Å². The van der Waals surface area contributed by atoms with E-state index in [2.05, 4.69) is 5.32 Å². The molecule has 1 rings (SSSR count). The molecule has 0 aliphatic rings. The van der Waals surface area contributed by atoms with Gasteiger partial charge in [0.05, 0.1) is 23.6 Å². The molecule has 0 bridgehead atoms. The van der Waals surface area contributed by atoms with Crippen molar-refractivity contribution in [3.05, 3.63) is 22.4 Å². The lowest BCUT2D eigenvalue weighted by Crippen LogP contribution is -2.51. The predicted octanol–water partition coefficient (Wildman–Crippen LogP) is 0.221. The minimum absolute atomic E-state index is 0.273. The molecule has 3 N–H and O–H groups in total. The van der Waals surface area contributed by atoms with Gasteiger partial charge in [-0.05, 0) is 18.4 Å². The second kappa shape index (κ2) is 4.54. The molecule has 0 spiro atoms. The Bertz CT molecular complexity index is 293. The normalized spacial score (nSPS) is 11.4. The van der Waals surface area contributed by atoms with Gasteiger partial charge in [0, 0.05) is 0 Å². The van der Waals surface area contributed by atoms with E-state index in [-0.39, 0.29) is 19.1 Å². The first-order valence-electron chi connectivity index (χ1n) is 4.19. The summed E-state index contributed by atoms with van der Waals surface area (Å²) in [5.74, 6) is -0.273. The average Bonchev–Trinajstić information content (AvgIpc) is 2.70. The van der Waals surface area contributed by atoms with Crippen LogP contribution < -0.4 is 5.32 Å². The molecule has 0 fully saturated rings. The summed E-state index contributed by atoms with van der Waals surface area (Å²) >= 11 is 1.32. The maximum absolute atomic E-state index is 11.5. The molecule has 0 aromatic carbocycles. The van der Waals surface area contributed by atoms with Crippen molar-refractivity contribution in [3.8, 4) is 0 Å². The molecule has 0 saturated heterocycles. The van der Waals surface area contributed by atoms with Gasteiger partial charge >= 0.3 is 0 Å². The zero-order chi connectivity index (χ0) is 10.6. The minimum Gasteiger partial charge on any atom is -0.394 e. The quantitative estimate of drug-likeness (QED) is 0.673. The van der Waals surface area contributed by atoms with Gasteiger partial charge in [-0.2, -0.15) is 0 Å². The standard InChI is InChI=1S/C9H13NO3S/c1-9(5-11,6-12)10-8(13)7-3-2-4-14-7/h2-4,11-12H,5-6H2,1H3,(H,10,13). The van der Waals surface area contributed by atoms with Crippen LogP contribution in [-0.2, 0) is 0 Å². The summed E-state index contributed by atoms with van der Waals surface area (Å²) in [6.45, 7) is 1.000. The van der Waals surface area contributed by atoms with Crippen molar-refractivity contribution in [2.45, 2.75) is 12.5 Å². The van der Waals surface area contributed by atoms with Gasteiger partial charge in [-0.25, -0.2) is 0 Å². The van der Waals surface area contributed by atoms with Gasteiger partial charge in [-0.15, -0.1) is 11.3 Å². The van der Waals surface area contributed by atoms with Crippen LogP contribution in [0.4, 0.5) is 0 Å². The second-order valence-electron chi connectivity index (χ2n) is 3.31. The third-order valence-electron chi connectivity index (χ3n) is 1.86. The van der Waals surface area contributed by atoms with E-state index in [1.807, 2.05) is 0 Å². The first-order chi connectivity index (χ1) is 6.61. The Labute approximate surface area is 86.2 Å². The Morgan fingerprint density at radius 3 is 2.64 bits per heavy atom. The van der Waals surface area contributed by atoms with Crippen molar-refractivity contribution in [2.75, 3.05) is 13.2 Å². The summed E-state index contributed by atoms with van der Waals surface area (Å²) in [6, 6.07) is 3.46. The van der Waals surface area contributed by atoms with E-state index in [1.54, 1.807) is 24.4 Å². The molecular formula is C9H13NO3S. The van der Waals surface area contributed by atoms with E-state index in [0.717, 1.165) is 0 Å². The van der Waals surface area contributed by atoms with Gasteiger partial charge in [0.15, 0.2) is 0 Å². The number of aliphatic hydroxyl groups is 2. The van der Waals surface area contributed by atoms with Crippen LogP contribution in [-0.4, -0.2) is 34.9 Å². The van der Waals surface area contributed by atoms with Crippen molar-refractivity contribution >= 4 is 17.2 Å². The van der Waals surface area contributed by atoms with Gasteiger partial charge < -0.3 is 15.5 Å². The molecule has 1 aromatic heterocycles. The Morgan fingerprint density at radius 2 is 2.21 bits per heavy atom. The molecule has 0 radical (unpaired) electrons. The minimum atomic E-state index is -0.957. The van der Waals surface area contributed by atoms with Gasteiger partial charge in [-0.1, -0.05) is 6.07 Å². The van der Waals surface area contributed by atoms with Crippen LogP contribution in [0.2, 0.25) is 0 Å². The number of amides is 1.